The summed E-state index contributed by atoms with van der Waals surface area (Å²) < 4.78 is 8.14. The maximum absolute atomic E-state index is 5.18. The average molecular weight is 241 g/mol. The van der Waals surface area contributed by atoms with Gasteiger partial charge in [-0.15, -0.1) is 6.58 Å². The van der Waals surface area contributed by atoms with E-state index >= 15 is 0 Å². The van der Waals surface area contributed by atoms with E-state index in [9.17, 15) is 0 Å². The lowest BCUT2D eigenvalue weighted by Gasteiger charge is -1.98. The standard InChI is InChI=1S/C6H12INO/c1-2-3-5-9-6-4-8-7/h2,8H,1,3-6H2. The third-order valence-electron chi connectivity index (χ3n) is 0.807. The smallest absolute Gasteiger partial charge is 0.0599 e. The van der Waals surface area contributed by atoms with Crippen molar-refractivity contribution in [3.8, 4) is 0 Å². The number of hydrogen-bond acceptors (Lipinski definition) is 2. The fourth-order valence-corrected chi connectivity index (χ4v) is 0.600. The van der Waals surface area contributed by atoms with Crippen molar-refractivity contribution in [2.45, 2.75) is 6.42 Å². The van der Waals surface area contributed by atoms with Crippen molar-refractivity contribution in [3.05, 3.63) is 12.7 Å². The Bertz CT molecular complexity index is 68.1. The summed E-state index contributed by atoms with van der Waals surface area (Å²) in [5, 5.41) is 0. The Balaban J connectivity index is 2.66. The summed E-state index contributed by atoms with van der Waals surface area (Å²) in [6, 6.07) is 0. The Hall–Kier alpha value is 0.390. The molecule has 0 amide bonds. The zero-order valence-electron chi connectivity index (χ0n) is 5.40. The maximum atomic E-state index is 5.18. The van der Waals surface area contributed by atoms with E-state index in [-0.39, 0.29) is 0 Å². The molecule has 0 radical (unpaired) electrons. The molecule has 0 saturated heterocycles. The molecule has 2 nitrogen and oxygen atoms in total. The highest BCUT2D eigenvalue weighted by molar-refractivity contribution is 14.1. The number of rotatable bonds is 6. The van der Waals surface area contributed by atoms with Crippen LogP contribution in [0, 0.1) is 0 Å². The molecule has 0 aromatic carbocycles. The fourth-order valence-electron chi connectivity index (χ4n) is 0.379. The molecule has 3 heteroatoms. The lowest BCUT2D eigenvalue weighted by molar-refractivity contribution is 0.145. The first-order valence-corrected chi connectivity index (χ1v) is 4.02. The van der Waals surface area contributed by atoms with Crippen molar-refractivity contribution < 1.29 is 4.74 Å². The molecule has 0 rings (SSSR count). The highest BCUT2D eigenvalue weighted by atomic mass is 127. The monoisotopic (exact) mass is 241 g/mol. The quantitative estimate of drug-likeness (QED) is 0.329. The Morgan fingerprint density at radius 1 is 1.56 bits per heavy atom. The molecule has 0 aliphatic heterocycles. The SMILES string of the molecule is C=CCCOCCNI. The van der Waals surface area contributed by atoms with Crippen molar-refractivity contribution in [3.63, 3.8) is 0 Å². The molecule has 9 heavy (non-hydrogen) atoms. The molecule has 54 valence electrons. The van der Waals surface area contributed by atoms with Gasteiger partial charge in [0.15, 0.2) is 0 Å². The van der Waals surface area contributed by atoms with Crippen LogP contribution in [0.15, 0.2) is 12.7 Å². The van der Waals surface area contributed by atoms with Gasteiger partial charge in [0.2, 0.25) is 0 Å². The summed E-state index contributed by atoms with van der Waals surface area (Å²) in [4.78, 5) is 0. The maximum Gasteiger partial charge on any atom is 0.0599 e. The fraction of sp³-hybridized carbons (Fsp3) is 0.667. The first-order chi connectivity index (χ1) is 4.41. The van der Waals surface area contributed by atoms with E-state index < -0.39 is 0 Å². The van der Waals surface area contributed by atoms with Crippen LogP contribution >= 0.6 is 22.9 Å². The molecule has 0 fully saturated rings. The molecule has 0 aliphatic carbocycles. The van der Waals surface area contributed by atoms with Gasteiger partial charge in [-0.3, -0.25) is 3.53 Å². The number of nitrogens with one attached hydrogen (secondary N) is 1. The van der Waals surface area contributed by atoms with Crippen LogP contribution in [-0.2, 0) is 4.74 Å². The summed E-state index contributed by atoms with van der Waals surface area (Å²) in [5.74, 6) is 0. The topological polar surface area (TPSA) is 21.3 Å². The summed E-state index contributed by atoms with van der Waals surface area (Å²) in [6.07, 6.45) is 2.80. The summed E-state index contributed by atoms with van der Waals surface area (Å²) >= 11 is 2.10. The summed E-state index contributed by atoms with van der Waals surface area (Å²) in [5.41, 5.74) is 0. The highest BCUT2D eigenvalue weighted by Gasteiger charge is 1.82. The zero-order chi connectivity index (χ0) is 6.95. The van der Waals surface area contributed by atoms with Gasteiger partial charge < -0.3 is 4.74 Å². The molecule has 0 saturated carbocycles. The van der Waals surface area contributed by atoms with Gasteiger partial charge in [-0.25, -0.2) is 0 Å². The molecule has 0 unspecified atom stereocenters. The normalized spacial score (nSPS) is 9.44. The van der Waals surface area contributed by atoms with E-state index in [2.05, 4.69) is 33.0 Å². The van der Waals surface area contributed by atoms with E-state index in [4.69, 9.17) is 4.74 Å². The molecule has 0 spiro atoms. The van der Waals surface area contributed by atoms with Crippen LogP contribution < -0.4 is 3.53 Å². The van der Waals surface area contributed by atoms with Gasteiger partial charge in [-0.2, -0.15) is 0 Å². The van der Waals surface area contributed by atoms with Crippen LogP contribution in [0.2, 0.25) is 0 Å². The molecular weight excluding hydrogens is 229 g/mol. The Kier molecular flexibility index (Phi) is 8.75. The molecule has 0 atom stereocenters. The van der Waals surface area contributed by atoms with Crippen molar-refractivity contribution in [2.75, 3.05) is 19.8 Å². The predicted octanol–water partition coefficient (Wildman–Crippen LogP) is 1.52. The van der Waals surface area contributed by atoms with E-state index in [1.807, 2.05) is 6.08 Å². The Labute approximate surface area is 70.2 Å². The third-order valence-corrected chi connectivity index (χ3v) is 1.35. The average Bonchev–Trinajstić information content (AvgIpc) is 1.89. The largest absolute Gasteiger partial charge is 0.380 e. The summed E-state index contributed by atoms with van der Waals surface area (Å²) in [7, 11) is 0. The van der Waals surface area contributed by atoms with Crippen LogP contribution in [0.4, 0.5) is 0 Å². The molecule has 0 heterocycles. The Morgan fingerprint density at radius 3 is 2.89 bits per heavy atom. The van der Waals surface area contributed by atoms with Crippen LogP contribution in [-0.4, -0.2) is 19.8 Å². The highest BCUT2D eigenvalue weighted by Crippen LogP contribution is 1.81. The second kappa shape index (κ2) is 8.39. The molecule has 0 aromatic rings. The summed E-state index contributed by atoms with van der Waals surface area (Å²) in [6.45, 7) is 6.08. The minimum absolute atomic E-state index is 0.788. The minimum atomic E-state index is 0.788. The molecule has 0 aromatic heterocycles. The van der Waals surface area contributed by atoms with E-state index in [0.717, 1.165) is 26.2 Å². The van der Waals surface area contributed by atoms with Crippen LogP contribution in [0.3, 0.4) is 0 Å². The lowest BCUT2D eigenvalue weighted by Crippen LogP contribution is -2.09. The van der Waals surface area contributed by atoms with Gasteiger partial charge in [0, 0.05) is 29.4 Å². The van der Waals surface area contributed by atoms with Gasteiger partial charge in [0.05, 0.1) is 13.2 Å². The van der Waals surface area contributed by atoms with Gasteiger partial charge in [-0.1, -0.05) is 6.08 Å². The number of ether oxygens (including phenoxy) is 1. The van der Waals surface area contributed by atoms with E-state index in [1.165, 1.54) is 0 Å². The van der Waals surface area contributed by atoms with Crippen LogP contribution in [0.1, 0.15) is 6.42 Å². The van der Waals surface area contributed by atoms with Crippen molar-refractivity contribution in [1.82, 2.24) is 3.53 Å². The van der Waals surface area contributed by atoms with Gasteiger partial charge in [0.25, 0.3) is 0 Å². The lowest BCUT2D eigenvalue weighted by atomic mass is 10.5. The van der Waals surface area contributed by atoms with Crippen LogP contribution in [0.25, 0.3) is 0 Å². The Morgan fingerprint density at radius 2 is 2.33 bits per heavy atom. The third kappa shape index (κ3) is 8.39. The first kappa shape index (κ1) is 9.39. The van der Waals surface area contributed by atoms with Crippen molar-refractivity contribution in [1.29, 1.82) is 0 Å². The minimum Gasteiger partial charge on any atom is -0.380 e. The molecular formula is C6H12INO. The molecule has 0 bridgehead atoms. The predicted molar refractivity (Wildman–Crippen MR) is 47.7 cm³/mol. The van der Waals surface area contributed by atoms with Gasteiger partial charge >= 0.3 is 0 Å². The van der Waals surface area contributed by atoms with E-state index in [0.29, 0.717) is 0 Å². The van der Waals surface area contributed by atoms with Crippen LogP contribution in [0.5, 0.6) is 0 Å². The van der Waals surface area contributed by atoms with Crippen molar-refractivity contribution in [2.24, 2.45) is 0 Å². The van der Waals surface area contributed by atoms with Gasteiger partial charge in [-0.05, 0) is 6.42 Å². The van der Waals surface area contributed by atoms with Gasteiger partial charge in [0.1, 0.15) is 0 Å². The number of halogens is 1. The molecule has 1 N–H and O–H groups in total. The van der Waals surface area contributed by atoms with Crippen molar-refractivity contribution >= 4 is 22.9 Å². The molecule has 0 aliphatic rings. The van der Waals surface area contributed by atoms with E-state index in [1.54, 1.807) is 0 Å². The number of hydrogen-bond donors (Lipinski definition) is 1. The second-order valence-electron chi connectivity index (χ2n) is 1.57. The second-order valence-corrected chi connectivity index (χ2v) is 2.34. The zero-order valence-corrected chi connectivity index (χ0v) is 7.56. The first-order valence-electron chi connectivity index (χ1n) is 2.94.